The predicted octanol–water partition coefficient (Wildman–Crippen LogP) is 3.31. The molecule has 25 heavy (non-hydrogen) atoms. The van der Waals surface area contributed by atoms with Gasteiger partial charge < -0.3 is 10.6 Å². The number of allylic oxidation sites excluding steroid dienone is 2. The Balaban J connectivity index is 3.29. The fraction of sp³-hybridized carbons (Fsp3) is 0.833. The molecular weight excluding hydrogens is 338 g/mol. The Bertz CT molecular complexity index is 450. The number of sulfonamides is 1. The molecular formula is C18H37N3O3S. The number of carbonyl (C=O) groups excluding carboxylic acids is 1. The van der Waals surface area contributed by atoms with Crippen molar-refractivity contribution in [2.24, 2.45) is 0 Å². The molecule has 0 aromatic carbocycles. The largest absolute Gasteiger partial charge is 0.338 e. The van der Waals surface area contributed by atoms with E-state index in [0.717, 1.165) is 77.3 Å². The van der Waals surface area contributed by atoms with Crippen molar-refractivity contribution < 1.29 is 13.2 Å². The fourth-order valence-corrected chi connectivity index (χ4v) is 2.80. The van der Waals surface area contributed by atoms with Gasteiger partial charge >= 0.3 is 6.03 Å². The molecule has 0 aromatic rings. The summed E-state index contributed by atoms with van der Waals surface area (Å²) in [6.45, 7) is 4.16. The van der Waals surface area contributed by atoms with Gasteiger partial charge in [0.15, 0.2) is 0 Å². The second-order valence-electron chi connectivity index (χ2n) is 6.37. The van der Waals surface area contributed by atoms with Crippen LogP contribution >= 0.6 is 0 Å². The molecule has 0 rings (SSSR count). The third kappa shape index (κ3) is 20.9. The van der Waals surface area contributed by atoms with Crippen molar-refractivity contribution in [2.75, 3.05) is 25.9 Å². The molecule has 0 bridgehead atoms. The second-order valence-corrected chi connectivity index (χ2v) is 8.21. The van der Waals surface area contributed by atoms with Crippen LogP contribution in [0.15, 0.2) is 12.2 Å². The Hall–Kier alpha value is -1.08. The van der Waals surface area contributed by atoms with Gasteiger partial charge in [-0.3, -0.25) is 0 Å². The normalized spacial score (nSPS) is 11.8. The van der Waals surface area contributed by atoms with Gasteiger partial charge in [0.05, 0.1) is 6.26 Å². The van der Waals surface area contributed by atoms with Gasteiger partial charge in [-0.1, -0.05) is 38.3 Å². The van der Waals surface area contributed by atoms with Crippen LogP contribution in [0.4, 0.5) is 4.79 Å². The van der Waals surface area contributed by atoms with Gasteiger partial charge in [-0.05, 0) is 44.9 Å². The molecule has 0 atom stereocenters. The highest BCUT2D eigenvalue weighted by Crippen LogP contribution is 2.02. The molecule has 0 radical (unpaired) electrons. The molecule has 0 heterocycles. The molecule has 148 valence electrons. The van der Waals surface area contributed by atoms with Crippen molar-refractivity contribution in [3.63, 3.8) is 0 Å². The summed E-state index contributed by atoms with van der Waals surface area (Å²) in [5.41, 5.74) is 0. The minimum Gasteiger partial charge on any atom is -0.338 e. The first-order valence-electron chi connectivity index (χ1n) is 9.57. The number of hydrogen-bond donors (Lipinski definition) is 3. The zero-order valence-corrected chi connectivity index (χ0v) is 16.8. The zero-order valence-electron chi connectivity index (χ0n) is 16.0. The van der Waals surface area contributed by atoms with Crippen molar-refractivity contribution in [3.05, 3.63) is 12.2 Å². The van der Waals surface area contributed by atoms with Crippen LogP contribution in [0.5, 0.6) is 0 Å². The number of urea groups is 1. The van der Waals surface area contributed by atoms with E-state index in [2.05, 4.69) is 34.4 Å². The lowest BCUT2D eigenvalue weighted by molar-refractivity contribution is 0.240. The van der Waals surface area contributed by atoms with Gasteiger partial charge in [0.1, 0.15) is 0 Å². The molecule has 0 aliphatic rings. The lowest BCUT2D eigenvalue weighted by atomic mass is 10.1. The van der Waals surface area contributed by atoms with Gasteiger partial charge in [-0.15, -0.1) is 0 Å². The Morgan fingerprint density at radius 3 is 1.88 bits per heavy atom. The maximum Gasteiger partial charge on any atom is 0.314 e. The number of amides is 2. The van der Waals surface area contributed by atoms with Gasteiger partial charge in [0.25, 0.3) is 0 Å². The molecule has 0 aliphatic heterocycles. The highest BCUT2D eigenvalue weighted by molar-refractivity contribution is 7.88. The third-order valence-corrected chi connectivity index (χ3v) is 4.46. The van der Waals surface area contributed by atoms with E-state index in [-0.39, 0.29) is 6.03 Å². The smallest absolute Gasteiger partial charge is 0.314 e. The number of carbonyl (C=O) groups is 1. The number of unbranched alkanes of at least 4 members (excludes halogenated alkanes) is 7. The maximum absolute atomic E-state index is 11.5. The third-order valence-electron chi connectivity index (χ3n) is 3.73. The first kappa shape index (κ1) is 23.9. The topological polar surface area (TPSA) is 87.3 Å². The SMILES string of the molecule is CCCCCNC(=O)NCCCC/C=C\CCCCCNS(C)(=O)=O. The van der Waals surface area contributed by atoms with Gasteiger partial charge in [-0.2, -0.15) is 0 Å². The van der Waals surface area contributed by atoms with E-state index in [1.807, 2.05) is 0 Å². The number of nitrogens with one attached hydrogen (secondary N) is 3. The Labute approximate surface area is 154 Å². The van der Waals surface area contributed by atoms with Crippen LogP contribution in [0.25, 0.3) is 0 Å². The zero-order chi connectivity index (χ0) is 18.8. The molecule has 0 saturated heterocycles. The summed E-state index contributed by atoms with van der Waals surface area (Å²) in [5, 5.41) is 5.74. The highest BCUT2D eigenvalue weighted by atomic mass is 32.2. The Morgan fingerprint density at radius 2 is 1.32 bits per heavy atom. The average Bonchev–Trinajstić information content (AvgIpc) is 2.55. The quantitative estimate of drug-likeness (QED) is 0.286. The van der Waals surface area contributed by atoms with E-state index >= 15 is 0 Å². The molecule has 7 heteroatoms. The summed E-state index contributed by atoms with van der Waals surface area (Å²) in [7, 11) is -3.04. The van der Waals surface area contributed by atoms with E-state index in [1.54, 1.807) is 0 Å². The maximum atomic E-state index is 11.5. The lowest BCUT2D eigenvalue weighted by Gasteiger charge is -2.06. The van der Waals surface area contributed by atoms with Crippen LogP contribution < -0.4 is 15.4 Å². The first-order valence-corrected chi connectivity index (χ1v) is 11.5. The second kappa shape index (κ2) is 16.4. The van der Waals surface area contributed by atoms with Crippen molar-refractivity contribution in [1.29, 1.82) is 0 Å². The summed E-state index contributed by atoms with van der Waals surface area (Å²) in [6, 6.07) is -0.0583. The van der Waals surface area contributed by atoms with E-state index in [4.69, 9.17) is 0 Å². The van der Waals surface area contributed by atoms with Gasteiger partial charge in [0, 0.05) is 19.6 Å². The van der Waals surface area contributed by atoms with Crippen LogP contribution in [-0.4, -0.2) is 40.3 Å². The molecule has 3 N–H and O–H groups in total. The highest BCUT2D eigenvalue weighted by Gasteiger charge is 1.98. The molecule has 0 aromatic heterocycles. The Kier molecular flexibility index (Phi) is 15.7. The van der Waals surface area contributed by atoms with E-state index in [0.29, 0.717) is 6.54 Å². The monoisotopic (exact) mass is 375 g/mol. The molecule has 0 fully saturated rings. The van der Waals surface area contributed by atoms with E-state index < -0.39 is 10.0 Å². The minimum atomic E-state index is -3.04. The van der Waals surface area contributed by atoms with Crippen LogP contribution in [0, 0.1) is 0 Å². The van der Waals surface area contributed by atoms with Crippen molar-refractivity contribution in [3.8, 4) is 0 Å². The van der Waals surface area contributed by atoms with Crippen LogP contribution in [-0.2, 0) is 10.0 Å². The Morgan fingerprint density at radius 1 is 0.800 bits per heavy atom. The molecule has 0 saturated carbocycles. The molecule has 0 aliphatic carbocycles. The lowest BCUT2D eigenvalue weighted by Crippen LogP contribution is -2.36. The molecule has 0 spiro atoms. The van der Waals surface area contributed by atoms with Gasteiger partial charge in [-0.25, -0.2) is 17.9 Å². The van der Waals surface area contributed by atoms with Gasteiger partial charge in [0.2, 0.25) is 10.0 Å². The van der Waals surface area contributed by atoms with Crippen LogP contribution in [0.3, 0.4) is 0 Å². The standard InChI is InChI=1S/C18H37N3O3S/c1-3-4-12-15-19-18(22)20-16-13-10-8-6-5-7-9-11-14-17-21-25(2,23)24/h5-6,21H,3-4,7-17H2,1-2H3,(H2,19,20,22)/b6-5-. The summed E-state index contributed by atoms with van der Waals surface area (Å²) in [5.74, 6) is 0. The van der Waals surface area contributed by atoms with Crippen LogP contribution in [0.1, 0.15) is 71.1 Å². The molecule has 6 nitrogen and oxygen atoms in total. The predicted molar refractivity (Wildman–Crippen MR) is 105 cm³/mol. The summed E-state index contributed by atoms with van der Waals surface area (Å²) < 4.78 is 24.2. The summed E-state index contributed by atoms with van der Waals surface area (Å²) >= 11 is 0. The first-order chi connectivity index (χ1) is 12.0. The number of rotatable bonds is 16. The summed E-state index contributed by atoms with van der Waals surface area (Å²) in [4.78, 5) is 11.5. The minimum absolute atomic E-state index is 0.0583. The van der Waals surface area contributed by atoms with Crippen molar-refractivity contribution >= 4 is 16.1 Å². The van der Waals surface area contributed by atoms with E-state index in [1.165, 1.54) is 6.26 Å². The number of hydrogen-bond acceptors (Lipinski definition) is 3. The van der Waals surface area contributed by atoms with Crippen LogP contribution in [0.2, 0.25) is 0 Å². The molecule has 0 unspecified atom stereocenters. The fourth-order valence-electron chi connectivity index (χ4n) is 2.29. The van der Waals surface area contributed by atoms with Crippen molar-refractivity contribution in [2.45, 2.75) is 71.1 Å². The average molecular weight is 376 g/mol. The van der Waals surface area contributed by atoms with Crippen molar-refractivity contribution in [1.82, 2.24) is 15.4 Å². The van der Waals surface area contributed by atoms with E-state index in [9.17, 15) is 13.2 Å². The molecule has 2 amide bonds. The summed E-state index contributed by atoms with van der Waals surface area (Å²) in [6.07, 6.45) is 16.1.